The topological polar surface area (TPSA) is 76.4 Å². The Labute approximate surface area is 132 Å². The zero-order valence-electron chi connectivity index (χ0n) is 11.8. The van der Waals surface area contributed by atoms with Gasteiger partial charge in [-0.05, 0) is 31.0 Å². The molecule has 0 aliphatic carbocycles. The summed E-state index contributed by atoms with van der Waals surface area (Å²) in [5, 5.41) is 17.0. The normalized spacial score (nSPS) is 17.6. The highest BCUT2D eigenvalue weighted by Gasteiger charge is 2.17. The Morgan fingerprint density at radius 3 is 3.18 bits per heavy atom. The van der Waals surface area contributed by atoms with Gasteiger partial charge < -0.3 is 15.2 Å². The molecule has 0 saturated carbocycles. The number of carbonyl (C=O) groups excluding carboxylic acids is 1. The molecule has 1 aliphatic heterocycles. The molecule has 1 aromatic heterocycles. The van der Waals surface area contributed by atoms with E-state index in [1.165, 1.54) is 18.2 Å². The van der Waals surface area contributed by atoms with E-state index in [0.29, 0.717) is 17.3 Å². The van der Waals surface area contributed by atoms with Crippen molar-refractivity contribution in [3.8, 4) is 5.75 Å². The van der Waals surface area contributed by atoms with Crippen LogP contribution < -0.4 is 5.32 Å². The van der Waals surface area contributed by atoms with E-state index in [0.717, 1.165) is 19.4 Å². The second-order valence-electron chi connectivity index (χ2n) is 5.20. The Balaban J connectivity index is 1.66. The highest BCUT2D eigenvalue weighted by Crippen LogP contribution is 2.22. The first kappa shape index (κ1) is 14.9. The van der Waals surface area contributed by atoms with Crippen molar-refractivity contribution in [2.45, 2.75) is 25.5 Å². The molecule has 0 spiro atoms. The molecule has 0 bridgehead atoms. The molecular formula is C15H16ClN3O3. The highest BCUT2D eigenvalue weighted by atomic mass is 35.5. The van der Waals surface area contributed by atoms with E-state index < -0.39 is 5.91 Å². The van der Waals surface area contributed by atoms with Gasteiger partial charge in [0.25, 0.3) is 5.91 Å². The molecule has 1 aromatic carbocycles. The van der Waals surface area contributed by atoms with Gasteiger partial charge in [-0.15, -0.1) is 0 Å². The second kappa shape index (κ2) is 6.37. The van der Waals surface area contributed by atoms with Gasteiger partial charge in [-0.25, -0.2) is 0 Å². The summed E-state index contributed by atoms with van der Waals surface area (Å²) in [6.45, 7) is 1.46. The van der Waals surface area contributed by atoms with Gasteiger partial charge >= 0.3 is 0 Å². The number of nitrogens with one attached hydrogen (secondary N) is 1. The summed E-state index contributed by atoms with van der Waals surface area (Å²) in [7, 11) is 0. The maximum atomic E-state index is 12.1. The van der Waals surface area contributed by atoms with Crippen LogP contribution in [0.3, 0.4) is 0 Å². The summed E-state index contributed by atoms with van der Waals surface area (Å²) in [4.78, 5) is 12.1. The maximum absolute atomic E-state index is 12.1. The molecule has 1 aliphatic rings. The van der Waals surface area contributed by atoms with E-state index in [2.05, 4.69) is 10.4 Å². The van der Waals surface area contributed by atoms with E-state index >= 15 is 0 Å². The predicted octanol–water partition coefficient (Wildman–Crippen LogP) is 2.67. The fourth-order valence-electron chi connectivity index (χ4n) is 2.41. The molecule has 1 atom stereocenters. The molecule has 1 fully saturated rings. The van der Waals surface area contributed by atoms with Gasteiger partial charge in [0.1, 0.15) is 5.75 Å². The van der Waals surface area contributed by atoms with Gasteiger partial charge in [0.05, 0.1) is 30.1 Å². The molecule has 0 unspecified atom stereocenters. The molecule has 1 saturated heterocycles. The number of ether oxygens (including phenoxy) is 1. The van der Waals surface area contributed by atoms with Gasteiger partial charge in [0.15, 0.2) is 0 Å². The van der Waals surface area contributed by atoms with Gasteiger partial charge in [0.2, 0.25) is 0 Å². The predicted molar refractivity (Wildman–Crippen MR) is 82.3 cm³/mol. The molecule has 2 N–H and O–H groups in total. The Hall–Kier alpha value is -2.05. The van der Waals surface area contributed by atoms with Crippen molar-refractivity contribution in [1.82, 2.24) is 9.78 Å². The zero-order chi connectivity index (χ0) is 15.5. The van der Waals surface area contributed by atoms with Crippen molar-refractivity contribution in [2.75, 3.05) is 11.9 Å². The van der Waals surface area contributed by atoms with E-state index in [-0.39, 0.29) is 17.4 Å². The van der Waals surface area contributed by atoms with Gasteiger partial charge in [0, 0.05) is 17.8 Å². The molecule has 2 heterocycles. The Bertz CT molecular complexity index is 680. The minimum atomic E-state index is -0.434. The number of phenolic OH excluding ortho intramolecular Hbond substituents is 1. The van der Waals surface area contributed by atoms with Crippen LogP contribution in [0, 0.1) is 0 Å². The summed E-state index contributed by atoms with van der Waals surface area (Å²) in [6, 6.07) is 4.33. The molecule has 116 valence electrons. The number of benzene rings is 1. The van der Waals surface area contributed by atoms with Crippen LogP contribution in [0.2, 0.25) is 5.02 Å². The monoisotopic (exact) mass is 321 g/mol. The van der Waals surface area contributed by atoms with Crippen LogP contribution in [-0.2, 0) is 11.3 Å². The minimum absolute atomic E-state index is 0.117. The van der Waals surface area contributed by atoms with Crippen molar-refractivity contribution in [2.24, 2.45) is 0 Å². The van der Waals surface area contributed by atoms with Crippen LogP contribution in [0.25, 0.3) is 0 Å². The minimum Gasteiger partial charge on any atom is -0.507 e. The molecule has 3 rings (SSSR count). The average molecular weight is 322 g/mol. The number of aromatic nitrogens is 2. The van der Waals surface area contributed by atoms with Crippen molar-refractivity contribution in [1.29, 1.82) is 0 Å². The third kappa shape index (κ3) is 3.40. The fraction of sp³-hybridized carbons (Fsp3) is 0.333. The summed E-state index contributed by atoms with van der Waals surface area (Å²) < 4.78 is 7.29. The number of halogens is 1. The number of nitrogens with zero attached hydrogens (tertiary/aromatic N) is 2. The zero-order valence-corrected chi connectivity index (χ0v) is 12.6. The van der Waals surface area contributed by atoms with Crippen LogP contribution in [0.15, 0.2) is 30.6 Å². The number of phenols is 1. The third-order valence-electron chi connectivity index (χ3n) is 3.51. The van der Waals surface area contributed by atoms with Crippen molar-refractivity contribution in [3.63, 3.8) is 0 Å². The van der Waals surface area contributed by atoms with Crippen LogP contribution in [0.5, 0.6) is 5.75 Å². The van der Waals surface area contributed by atoms with Crippen molar-refractivity contribution < 1.29 is 14.6 Å². The standard InChI is InChI=1S/C15H16ClN3O3/c16-10-3-4-14(20)13(6-10)15(21)18-11-7-17-19(8-11)9-12-2-1-5-22-12/h3-4,6-8,12,20H,1-2,5,9H2,(H,18,21)/t12-/m1/s1. The number of aromatic hydroxyl groups is 1. The van der Waals surface area contributed by atoms with E-state index in [1.54, 1.807) is 17.1 Å². The molecule has 6 nitrogen and oxygen atoms in total. The molecule has 22 heavy (non-hydrogen) atoms. The Morgan fingerprint density at radius 1 is 1.55 bits per heavy atom. The number of hydrogen-bond acceptors (Lipinski definition) is 4. The quantitative estimate of drug-likeness (QED) is 0.907. The van der Waals surface area contributed by atoms with E-state index in [1.807, 2.05) is 0 Å². The Kier molecular flexibility index (Phi) is 4.31. The largest absolute Gasteiger partial charge is 0.507 e. The van der Waals surface area contributed by atoms with Crippen molar-refractivity contribution >= 4 is 23.2 Å². The number of carbonyl (C=O) groups is 1. The van der Waals surface area contributed by atoms with Gasteiger partial charge in [-0.1, -0.05) is 11.6 Å². The third-order valence-corrected chi connectivity index (χ3v) is 3.74. The number of rotatable bonds is 4. The average Bonchev–Trinajstić information content (AvgIpc) is 3.14. The first-order valence-electron chi connectivity index (χ1n) is 7.06. The van der Waals surface area contributed by atoms with E-state index in [9.17, 15) is 9.90 Å². The molecule has 1 amide bonds. The van der Waals surface area contributed by atoms with Crippen molar-refractivity contribution in [3.05, 3.63) is 41.2 Å². The maximum Gasteiger partial charge on any atom is 0.259 e. The Morgan fingerprint density at radius 2 is 2.41 bits per heavy atom. The smallest absolute Gasteiger partial charge is 0.259 e. The lowest BCUT2D eigenvalue weighted by atomic mass is 10.2. The number of anilines is 1. The van der Waals surface area contributed by atoms with E-state index in [4.69, 9.17) is 16.3 Å². The first-order chi connectivity index (χ1) is 10.6. The lowest BCUT2D eigenvalue weighted by Crippen LogP contribution is -2.15. The fourth-order valence-corrected chi connectivity index (χ4v) is 2.59. The first-order valence-corrected chi connectivity index (χ1v) is 7.43. The number of amides is 1. The molecule has 2 aromatic rings. The van der Waals surface area contributed by atoms with Crippen LogP contribution in [0.4, 0.5) is 5.69 Å². The SMILES string of the molecule is O=C(Nc1cnn(C[C@H]2CCCO2)c1)c1cc(Cl)ccc1O. The summed E-state index contributed by atoms with van der Waals surface area (Å²) in [5.74, 6) is -0.551. The summed E-state index contributed by atoms with van der Waals surface area (Å²) >= 11 is 5.84. The lowest BCUT2D eigenvalue weighted by Gasteiger charge is -2.08. The summed E-state index contributed by atoms with van der Waals surface area (Å²) in [6.07, 6.45) is 5.58. The van der Waals surface area contributed by atoms with Gasteiger partial charge in [-0.2, -0.15) is 5.10 Å². The highest BCUT2D eigenvalue weighted by molar-refractivity contribution is 6.31. The van der Waals surface area contributed by atoms with Gasteiger partial charge in [-0.3, -0.25) is 9.48 Å². The van der Waals surface area contributed by atoms with Crippen LogP contribution >= 0.6 is 11.6 Å². The molecular weight excluding hydrogens is 306 g/mol. The molecule has 0 radical (unpaired) electrons. The second-order valence-corrected chi connectivity index (χ2v) is 5.64. The summed E-state index contributed by atoms with van der Waals surface area (Å²) in [5.41, 5.74) is 0.682. The van der Waals surface area contributed by atoms with Crippen LogP contribution in [-0.4, -0.2) is 33.5 Å². The lowest BCUT2D eigenvalue weighted by molar-refractivity contribution is 0.0940. The number of hydrogen-bond donors (Lipinski definition) is 2. The molecule has 7 heteroatoms. The van der Waals surface area contributed by atoms with Crippen LogP contribution in [0.1, 0.15) is 23.2 Å².